The molecule has 0 bridgehead atoms. The van der Waals surface area contributed by atoms with Crippen LogP contribution in [0.1, 0.15) is 37.3 Å². The van der Waals surface area contributed by atoms with E-state index in [9.17, 15) is 9.59 Å². The van der Waals surface area contributed by atoms with Gasteiger partial charge in [0.1, 0.15) is 5.75 Å². The Morgan fingerprint density at radius 2 is 2.05 bits per heavy atom. The summed E-state index contributed by atoms with van der Waals surface area (Å²) in [4.78, 5) is 23.1. The van der Waals surface area contributed by atoms with E-state index in [0.717, 1.165) is 16.9 Å². The number of rotatable bonds is 6. The lowest BCUT2D eigenvalue weighted by Crippen LogP contribution is -2.29. The van der Waals surface area contributed by atoms with Gasteiger partial charge < -0.3 is 15.2 Å². The van der Waals surface area contributed by atoms with Gasteiger partial charge in [0.25, 0.3) is 0 Å². The zero-order valence-electron chi connectivity index (χ0n) is 13.1. The molecule has 1 fully saturated rings. The number of carbonyl (C=O) groups excluding carboxylic acids is 1. The second kappa shape index (κ2) is 7.29. The van der Waals surface area contributed by atoms with Gasteiger partial charge in [-0.2, -0.15) is 0 Å². The fraction of sp³-hybridized carbons (Fsp3) is 0.529. The third-order valence-electron chi connectivity index (χ3n) is 4.13. The van der Waals surface area contributed by atoms with Crippen LogP contribution in [0, 0.1) is 18.8 Å². The van der Waals surface area contributed by atoms with Gasteiger partial charge in [0, 0.05) is 18.0 Å². The molecule has 2 atom stereocenters. The van der Waals surface area contributed by atoms with Gasteiger partial charge in [-0.15, -0.1) is 0 Å². The molecule has 1 aliphatic carbocycles. The molecule has 0 saturated heterocycles. The predicted molar refractivity (Wildman–Crippen MR) is 82.7 cm³/mol. The van der Waals surface area contributed by atoms with Gasteiger partial charge >= 0.3 is 5.97 Å². The summed E-state index contributed by atoms with van der Waals surface area (Å²) in [5.41, 5.74) is 2.05. The summed E-state index contributed by atoms with van der Waals surface area (Å²) < 4.78 is 5.60. The molecule has 1 aromatic rings. The van der Waals surface area contributed by atoms with Crippen molar-refractivity contribution in [3.8, 4) is 5.75 Å². The van der Waals surface area contributed by atoms with Crippen LogP contribution in [-0.2, 0) is 16.1 Å². The van der Waals surface area contributed by atoms with Crippen molar-refractivity contribution in [1.82, 2.24) is 5.32 Å². The first-order chi connectivity index (χ1) is 10.5. The molecular weight excluding hydrogens is 282 g/mol. The number of benzene rings is 1. The number of nitrogens with one attached hydrogen (secondary N) is 1. The first-order valence-electron chi connectivity index (χ1n) is 7.74. The third kappa shape index (κ3) is 4.00. The van der Waals surface area contributed by atoms with Crippen molar-refractivity contribution in [3.05, 3.63) is 29.3 Å². The van der Waals surface area contributed by atoms with Crippen LogP contribution in [0.3, 0.4) is 0 Å². The Hall–Kier alpha value is -2.04. The van der Waals surface area contributed by atoms with Crippen LogP contribution in [0.25, 0.3) is 0 Å². The molecule has 2 rings (SSSR count). The number of hydrogen-bond acceptors (Lipinski definition) is 3. The highest BCUT2D eigenvalue weighted by Crippen LogP contribution is 2.31. The maximum atomic E-state index is 12.2. The number of ether oxygens (including phenoxy) is 1. The van der Waals surface area contributed by atoms with Crippen molar-refractivity contribution in [2.45, 2.75) is 39.7 Å². The number of carboxylic acid groups (broad SMARTS) is 1. The van der Waals surface area contributed by atoms with Crippen LogP contribution in [0.4, 0.5) is 0 Å². The van der Waals surface area contributed by atoms with Gasteiger partial charge in [0.2, 0.25) is 5.91 Å². The molecule has 0 heterocycles. The second-order valence-corrected chi connectivity index (χ2v) is 5.81. The summed E-state index contributed by atoms with van der Waals surface area (Å²) in [5.74, 6) is -0.645. The van der Waals surface area contributed by atoms with Gasteiger partial charge in [-0.05, 0) is 44.7 Å². The Labute approximate surface area is 130 Å². The largest absolute Gasteiger partial charge is 0.494 e. The molecule has 0 unspecified atom stereocenters. The number of aliphatic carboxylic acids is 1. The third-order valence-corrected chi connectivity index (χ3v) is 4.13. The Bertz CT molecular complexity index is 556. The number of carboxylic acids is 1. The lowest BCUT2D eigenvalue weighted by Gasteiger charge is -2.14. The van der Waals surface area contributed by atoms with Crippen LogP contribution < -0.4 is 10.1 Å². The standard InChI is InChI=1S/C17H23NO4/c1-3-22-15-8-11(2)4-5-14(15)10-18-16(19)12-6-7-13(9-12)17(20)21/h4-5,8,12-13H,3,6-7,9-10H2,1-2H3,(H,18,19)(H,20,21)/t12-,13+/m1/s1. The highest BCUT2D eigenvalue weighted by molar-refractivity contribution is 5.80. The summed E-state index contributed by atoms with van der Waals surface area (Å²) in [5, 5.41) is 11.9. The van der Waals surface area contributed by atoms with Crippen molar-refractivity contribution in [2.75, 3.05) is 6.61 Å². The molecular formula is C17H23NO4. The summed E-state index contributed by atoms with van der Waals surface area (Å²) in [6.07, 6.45) is 1.67. The summed E-state index contributed by atoms with van der Waals surface area (Å²) in [6.45, 7) is 4.90. The van der Waals surface area contributed by atoms with Crippen molar-refractivity contribution < 1.29 is 19.4 Å². The number of aryl methyl sites for hydroxylation is 1. The maximum Gasteiger partial charge on any atom is 0.306 e. The first kappa shape index (κ1) is 16.3. The fourth-order valence-corrected chi connectivity index (χ4v) is 2.87. The predicted octanol–water partition coefficient (Wildman–Crippen LogP) is 2.51. The normalized spacial score (nSPS) is 20.6. The fourth-order valence-electron chi connectivity index (χ4n) is 2.87. The zero-order valence-corrected chi connectivity index (χ0v) is 13.1. The monoisotopic (exact) mass is 305 g/mol. The molecule has 2 N–H and O–H groups in total. The van der Waals surface area contributed by atoms with Gasteiger partial charge in [-0.25, -0.2) is 0 Å². The van der Waals surface area contributed by atoms with Gasteiger partial charge in [0.05, 0.1) is 12.5 Å². The van der Waals surface area contributed by atoms with E-state index >= 15 is 0 Å². The summed E-state index contributed by atoms with van der Waals surface area (Å²) >= 11 is 0. The minimum absolute atomic E-state index is 0.0632. The lowest BCUT2D eigenvalue weighted by molar-refractivity contribution is -0.141. The van der Waals surface area contributed by atoms with Gasteiger partial charge in [-0.3, -0.25) is 9.59 Å². The van der Waals surface area contributed by atoms with Crippen molar-refractivity contribution in [1.29, 1.82) is 0 Å². The zero-order chi connectivity index (χ0) is 16.1. The average molecular weight is 305 g/mol. The quantitative estimate of drug-likeness (QED) is 0.846. The van der Waals surface area contributed by atoms with Crippen LogP contribution >= 0.6 is 0 Å². The molecule has 1 aliphatic rings. The van der Waals surface area contributed by atoms with Crippen LogP contribution in [-0.4, -0.2) is 23.6 Å². The van der Waals surface area contributed by atoms with E-state index in [-0.39, 0.29) is 17.7 Å². The summed E-state index contributed by atoms with van der Waals surface area (Å²) in [6, 6.07) is 5.90. The molecule has 5 nitrogen and oxygen atoms in total. The molecule has 0 aliphatic heterocycles. The molecule has 1 saturated carbocycles. The van der Waals surface area contributed by atoms with Crippen molar-refractivity contribution in [3.63, 3.8) is 0 Å². The van der Waals surface area contributed by atoms with E-state index in [1.54, 1.807) is 0 Å². The smallest absolute Gasteiger partial charge is 0.306 e. The number of hydrogen-bond donors (Lipinski definition) is 2. The second-order valence-electron chi connectivity index (χ2n) is 5.81. The maximum absolute atomic E-state index is 12.2. The highest BCUT2D eigenvalue weighted by Gasteiger charge is 2.33. The minimum atomic E-state index is -0.799. The highest BCUT2D eigenvalue weighted by atomic mass is 16.5. The minimum Gasteiger partial charge on any atom is -0.494 e. The van der Waals surface area contributed by atoms with Crippen LogP contribution in [0.15, 0.2) is 18.2 Å². The summed E-state index contributed by atoms with van der Waals surface area (Å²) in [7, 11) is 0. The topological polar surface area (TPSA) is 75.6 Å². The molecule has 0 radical (unpaired) electrons. The Balaban J connectivity index is 1.93. The molecule has 1 amide bonds. The molecule has 1 aromatic carbocycles. The van der Waals surface area contributed by atoms with Crippen molar-refractivity contribution >= 4 is 11.9 Å². The molecule has 22 heavy (non-hydrogen) atoms. The first-order valence-corrected chi connectivity index (χ1v) is 7.74. The van der Waals surface area contributed by atoms with E-state index in [1.165, 1.54) is 0 Å². The van der Waals surface area contributed by atoms with E-state index in [0.29, 0.717) is 32.4 Å². The van der Waals surface area contributed by atoms with Gasteiger partial charge in [-0.1, -0.05) is 12.1 Å². The van der Waals surface area contributed by atoms with Gasteiger partial charge in [0.15, 0.2) is 0 Å². The lowest BCUT2D eigenvalue weighted by atomic mass is 10.0. The van der Waals surface area contributed by atoms with E-state index in [4.69, 9.17) is 9.84 Å². The van der Waals surface area contributed by atoms with Crippen LogP contribution in [0.2, 0.25) is 0 Å². The average Bonchev–Trinajstić information content (AvgIpc) is 2.96. The molecule has 0 aromatic heterocycles. The molecule has 0 spiro atoms. The van der Waals surface area contributed by atoms with E-state index in [2.05, 4.69) is 5.32 Å². The molecule has 120 valence electrons. The van der Waals surface area contributed by atoms with Crippen molar-refractivity contribution in [2.24, 2.45) is 11.8 Å². The SMILES string of the molecule is CCOc1cc(C)ccc1CNC(=O)[C@@H]1CC[C@H](C(=O)O)C1. The molecule has 5 heteroatoms. The van der Waals surface area contributed by atoms with Crippen LogP contribution in [0.5, 0.6) is 5.75 Å². The Morgan fingerprint density at radius 3 is 2.68 bits per heavy atom. The Morgan fingerprint density at radius 1 is 1.32 bits per heavy atom. The Kier molecular flexibility index (Phi) is 5.41. The van der Waals surface area contributed by atoms with E-state index < -0.39 is 5.97 Å². The van der Waals surface area contributed by atoms with E-state index in [1.807, 2.05) is 32.0 Å². The number of amides is 1. The number of carbonyl (C=O) groups is 2.